The lowest BCUT2D eigenvalue weighted by Gasteiger charge is -2.26. The van der Waals surface area contributed by atoms with Crippen molar-refractivity contribution in [1.82, 2.24) is 0 Å². The smallest absolute Gasteiger partial charge is 0.130 e. The summed E-state index contributed by atoms with van der Waals surface area (Å²) in [6, 6.07) is 36.6. The summed E-state index contributed by atoms with van der Waals surface area (Å²) in [5.41, 5.74) is 12.4. The van der Waals surface area contributed by atoms with Gasteiger partial charge >= 0.3 is 0 Å². The number of aliphatic hydroxyl groups excluding tert-OH is 3. The molecule has 0 amide bonds. The van der Waals surface area contributed by atoms with Gasteiger partial charge in [0.25, 0.3) is 0 Å². The zero-order chi connectivity index (χ0) is 60.7. The molecule has 0 heterocycles. The van der Waals surface area contributed by atoms with Crippen molar-refractivity contribution in [2.45, 2.75) is 151 Å². The summed E-state index contributed by atoms with van der Waals surface area (Å²) in [5.74, 6) is 6.18. The highest BCUT2D eigenvalue weighted by atomic mass is 16.5. The maximum atomic E-state index is 9.69. The fourth-order valence-electron chi connectivity index (χ4n) is 9.34. The van der Waals surface area contributed by atoms with Crippen LogP contribution in [-0.2, 0) is 64.0 Å². The average molecular weight is 1150 g/mol. The number of aliphatic hydroxyl groups is 3. The summed E-state index contributed by atoms with van der Waals surface area (Å²) in [6.45, 7) is 25.7. The van der Waals surface area contributed by atoms with Gasteiger partial charge in [-0.3, -0.25) is 0 Å². The van der Waals surface area contributed by atoms with Gasteiger partial charge in [-0.2, -0.15) is 0 Å². The molecule has 0 aliphatic carbocycles. The highest BCUT2D eigenvalue weighted by molar-refractivity contribution is 5.47. The van der Waals surface area contributed by atoms with Crippen LogP contribution in [0.4, 0.5) is 0 Å². The molecule has 0 saturated heterocycles. The van der Waals surface area contributed by atoms with E-state index in [-0.39, 0.29) is 25.2 Å². The van der Waals surface area contributed by atoms with Crippen LogP contribution in [-0.4, -0.2) is 90.0 Å². The number of ether oxygens (including phenoxy) is 10. The molecule has 0 spiro atoms. The van der Waals surface area contributed by atoms with Crippen LogP contribution < -0.4 is 28.4 Å². The van der Waals surface area contributed by atoms with E-state index in [0.29, 0.717) is 101 Å². The number of rotatable bonds is 33. The first-order chi connectivity index (χ1) is 40.0. The Bertz CT molecular complexity index is 2670. The molecule has 456 valence electrons. The van der Waals surface area contributed by atoms with E-state index in [0.717, 1.165) is 81.4 Å². The van der Waals surface area contributed by atoms with Crippen molar-refractivity contribution in [3.8, 4) is 34.5 Å². The maximum Gasteiger partial charge on any atom is 0.130 e. The number of methoxy groups -OCH3 is 4. The van der Waals surface area contributed by atoms with Gasteiger partial charge in [0.05, 0.1) is 46.2 Å². The summed E-state index contributed by atoms with van der Waals surface area (Å²) in [5, 5.41) is 28.7. The zero-order valence-electron chi connectivity index (χ0n) is 52.4. The van der Waals surface area contributed by atoms with Crippen LogP contribution in [0.1, 0.15) is 159 Å². The molecule has 3 atom stereocenters. The summed E-state index contributed by atoms with van der Waals surface area (Å²) in [6.07, 6.45) is 3.13. The molecule has 6 aromatic carbocycles. The molecule has 3 N–H and O–H groups in total. The molecule has 0 saturated carbocycles. The first-order valence-electron chi connectivity index (χ1n) is 29.3. The Labute approximate surface area is 497 Å². The summed E-state index contributed by atoms with van der Waals surface area (Å²) in [7, 11) is 6.76. The Morgan fingerprint density at radius 1 is 0.398 bits per heavy atom. The van der Waals surface area contributed by atoms with Crippen molar-refractivity contribution in [2.24, 2.45) is 0 Å². The van der Waals surface area contributed by atoms with Gasteiger partial charge < -0.3 is 62.7 Å². The minimum atomic E-state index is -0.223. The lowest BCUT2D eigenvalue weighted by molar-refractivity contribution is 0.163. The lowest BCUT2D eigenvalue weighted by atomic mass is 9.81. The Morgan fingerprint density at radius 2 is 0.699 bits per heavy atom. The quantitative estimate of drug-likeness (QED) is 0.0335. The second-order valence-electron chi connectivity index (χ2n) is 21.6. The van der Waals surface area contributed by atoms with Crippen LogP contribution in [0.3, 0.4) is 0 Å². The van der Waals surface area contributed by atoms with Gasteiger partial charge in [0, 0.05) is 67.2 Å². The van der Waals surface area contributed by atoms with E-state index >= 15 is 0 Å². The number of benzene rings is 6. The Kier molecular flexibility index (Phi) is 31.1. The Balaban J connectivity index is 0.000000269. The molecular weight excluding hydrogens is 1050 g/mol. The molecule has 6 aromatic rings. The molecule has 0 bridgehead atoms. The van der Waals surface area contributed by atoms with Crippen LogP contribution in [0.5, 0.6) is 34.5 Å². The Hall–Kier alpha value is -6.16. The van der Waals surface area contributed by atoms with Crippen molar-refractivity contribution in [3.63, 3.8) is 0 Å². The highest BCUT2D eigenvalue weighted by Gasteiger charge is 2.23. The van der Waals surface area contributed by atoms with Crippen molar-refractivity contribution in [2.75, 3.05) is 74.7 Å². The van der Waals surface area contributed by atoms with E-state index in [4.69, 9.17) is 47.4 Å². The topological polar surface area (TPSA) is 153 Å². The first-order valence-corrected chi connectivity index (χ1v) is 29.3. The number of aryl methyl sites for hydroxylation is 2. The molecule has 0 radical (unpaired) electrons. The minimum Gasteiger partial charge on any atom is -0.490 e. The molecule has 0 aromatic heterocycles. The van der Waals surface area contributed by atoms with Crippen molar-refractivity contribution in [3.05, 3.63) is 176 Å². The van der Waals surface area contributed by atoms with Crippen LogP contribution >= 0.6 is 0 Å². The molecule has 6 rings (SSSR count). The number of hydrogen-bond acceptors (Lipinski definition) is 13. The SMILES string of the molecule is CCC(C)(CO)c1ccc(OCCOc2c(COC)cc(C(C)C)cc2COC)cc1.CCC(C)c1ccc(OCCOc2c(CO)cc(C)cc2CO)cc1.CCC(C)c1ccc(OCCOc2c(COC)cc(C)cc2COC)cc1. The average Bonchev–Trinajstić information content (AvgIpc) is 3.60. The van der Waals surface area contributed by atoms with Crippen molar-refractivity contribution in [1.29, 1.82) is 0 Å². The van der Waals surface area contributed by atoms with Gasteiger partial charge in [-0.15, -0.1) is 0 Å². The third kappa shape index (κ3) is 22.1. The molecule has 0 aliphatic rings. The molecule has 0 aliphatic heterocycles. The van der Waals surface area contributed by atoms with E-state index in [2.05, 4.69) is 111 Å². The normalized spacial score (nSPS) is 12.5. The van der Waals surface area contributed by atoms with Crippen LogP contribution in [0.15, 0.2) is 109 Å². The largest absolute Gasteiger partial charge is 0.490 e. The third-order valence-corrected chi connectivity index (χ3v) is 14.8. The maximum absolute atomic E-state index is 9.69. The van der Waals surface area contributed by atoms with Gasteiger partial charge in [-0.25, -0.2) is 0 Å². The molecular formula is C70H98O13. The van der Waals surface area contributed by atoms with Crippen LogP contribution in [0.2, 0.25) is 0 Å². The molecule has 3 unspecified atom stereocenters. The van der Waals surface area contributed by atoms with Gasteiger partial charge in [-0.05, 0) is 122 Å². The molecule has 83 heavy (non-hydrogen) atoms. The monoisotopic (exact) mass is 1150 g/mol. The van der Waals surface area contributed by atoms with E-state index in [1.807, 2.05) is 67.6 Å². The molecule has 13 heteroatoms. The van der Waals surface area contributed by atoms with Gasteiger partial charge in [0.1, 0.15) is 74.1 Å². The van der Waals surface area contributed by atoms with Gasteiger partial charge in [0.15, 0.2) is 0 Å². The highest BCUT2D eigenvalue weighted by Crippen LogP contribution is 2.33. The zero-order valence-corrected chi connectivity index (χ0v) is 52.4. The molecule has 13 nitrogen and oxygen atoms in total. The van der Waals surface area contributed by atoms with E-state index in [1.165, 1.54) is 22.3 Å². The number of hydrogen-bond donors (Lipinski definition) is 3. The fraction of sp³-hybridized carbons (Fsp3) is 0.486. The Morgan fingerprint density at radius 3 is 0.988 bits per heavy atom. The summed E-state index contributed by atoms with van der Waals surface area (Å²) in [4.78, 5) is 0. The van der Waals surface area contributed by atoms with Crippen LogP contribution in [0.25, 0.3) is 0 Å². The van der Waals surface area contributed by atoms with E-state index in [9.17, 15) is 15.3 Å². The second kappa shape index (κ2) is 37.2. The van der Waals surface area contributed by atoms with E-state index < -0.39 is 0 Å². The second-order valence-corrected chi connectivity index (χ2v) is 21.6. The predicted octanol–water partition coefficient (Wildman–Crippen LogP) is 14.4. The van der Waals surface area contributed by atoms with Gasteiger partial charge in [-0.1, -0.05) is 127 Å². The summed E-state index contributed by atoms with van der Waals surface area (Å²) < 4.78 is 56.8. The van der Waals surface area contributed by atoms with Crippen LogP contribution in [0, 0.1) is 13.8 Å². The standard InChI is InChI=1S/C26H38O5.C23H32O4.C21H28O4/c1-7-26(4,18-27)23-8-10-24(11-9-23)30-12-13-31-25-21(16-28-5)14-20(19(2)3)15-22(25)17-29-6;1-6-18(3)19-7-9-22(10-8-19)26-11-12-27-23-20(15-24-4)13-17(2)14-21(23)16-25-5;1-4-16(3)17-5-7-20(8-6-17)24-9-10-25-21-18(13-22)11-15(2)12-19(21)14-23/h8-11,14-15,19,27H,7,12-13,16-18H2,1-6H3;7-10,13-14,18H,6,11-12,15-16H2,1-5H3;5-8,11-12,16,22-23H,4,9-10,13-14H2,1-3H3. The minimum absolute atomic E-state index is 0.123. The van der Waals surface area contributed by atoms with E-state index in [1.54, 1.807) is 28.4 Å². The third-order valence-electron chi connectivity index (χ3n) is 14.8. The first kappa shape index (κ1) is 69.3. The fourth-order valence-corrected chi connectivity index (χ4v) is 9.34. The predicted molar refractivity (Wildman–Crippen MR) is 332 cm³/mol. The van der Waals surface area contributed by atoms with Crippen molar-refractivity contribution >= 4 is 0 Å². The summed E-state index contributed by atoms with van der Waals surface area (Å²) >= 11 is 0. The van der Waals surface area contributed by atoms with Gasteiger partial charge in [0.2, 0.25) is 0 Å². The van der Waals surface area contributed by atoms with Crippen molar-refractivity contribution < 1.29 is 62.7 Å². The molecule has 0 fully saturated rings. The lowest BCUT2D eigenvalue weighted by Crippen LogP contribution is -2.25.